The predicted molar refractivity (Wildman–Crippen MR) is 85.0 cm³/mol. The number of rotatable bonds is 8. The lowest BCUT2D eigenvalue weighted by Crippen LogP contribution is -2.41. The van der Waals surface area contributed by atoms with Crippen molar-refractivity contribution in [2.24, 2.45) is 5.92 Å². The van der Waals surface area contributed by atoms with Gasteiger partial charge in [-0.1, -0.05) is 32.9 Å². The summed E-state index contributed by atoms with van der Waals surface area (Å²) in [5.41, 5.74) is 0.991. The molecule has 1 amide bonds. The number of carbonyl (C=O) groups is 2. The first kappa shape index (κ1) is 18.0. The number of hydrogen-bond donors (Lipinski definition) is 2. The van der Waals surface area contributed by atoms with Gasteiger partial charge in [-0.05, 0) is 36.0 Å². The maximum Gasteiger partial charge on any atom is 0.326 e. The monoisotopic (exact) mass is 307 g/mol. The van der Waals surface area contributed by atoms with Gasteiger partial charge in [0.05, 0.1) is 7.11 Å². The molecular weight excluding hydrogens is 282 g/mol. The SMILES string of the molecule is COc1cccc(C(C)CC(=O)N[C@H](CC(C)C)C(=O)O)c1. The Labute approximate surface area is 131 Å². The standard InChI is InChI=1S/C17H25NO4/c1-11(2)8-15(17(20)21)18-16(19)9-12(3)13-6-5-7-14(10-13)22-4/h5-7,10-12,15H,8-9H2,1-4H3,(H,18,19)(H,20,21)/t12?,15-/m1/s1. The molecule has 0 aliphatic carbocycles. The summed E-state index contributed by atoms with van der Waals surface area (Å²) in [7, 11) is 1.60. The first-order valence-corrected chi connectivity index (χ1v) is 7.49. The molecule has 0 aliphatic rings. The molecule has 0 radical (unpaired) electrons. The van der Waals surface area contributed by atoms with Gasteiger partial charge in [0.1, 0.15) is 11.8 Å². The minimum Gasteiger partial charge on any atom is -0.497 e. The highest BCUT2D eigenvalue weighted by Crippen LogP contribution is 2.23. The number of benzene rings is 1. The van der Waals surface area contributed by atoms with E-state index in [1.807, 2.05) is 45.0 Å². The van der Waals surface area contributed by atoms with Crippen LogP contribution in [0, 0.1) is 5.92 Å². The highest BCUT2D eigenvalue weighted by molar-refractivity contribution is 5.83. The molecule has 1 aromatic rings. The van der Waals surface area contributed by atoms with Crippen LogP contribution in [0.1, 0.15) is 45.1 Å². The van der Waals surface area contributed by atoms with Gasteiger partial charge in [0.2, 0.25) is 5.91 Å². The van der Waals surface area contributed by atoms with E-state index in [1.54, 1.807) is 7.11 Å². The molecule has 2 N–H and O–H groups in total. The summed E-state index contributed by atoms with van der Waals surface area (Å²) in [5, 5.41) is 11.8. The summed E-state index contributed by atoms with van der Waals surface area (Å²) in [6.07, 6.45) is 0.670. The van der Waals surface area contributed by atoms with Gasteiger partial charge in [-0.2, -0.15) is 0 Å². The molecule has 0 heterocycles. The summed E-state index contributed by atoms with van der Waals surface area (Å²) in [6, 6.07) is 6.72. The maximum atomic E-state index is 12.1. The zero-order chi connectivity index (χ0) is 16.7. The summed E-state index contributed by atoms with van der Waals surface area (Å²) >= 11 is 0. The Morgan fingerprint density at radius 3 is 2.50 bits per heavy atom. The van der Waals surface area contributed by atoms with E-state index >= 15 is 0 Å². The van der Waals surface area contributed by atoms with Crippen LogP contribution in [0.25, 0.3) is 0 Å². The molecule has 5 nitrogen and oxygen atoms in total. The minimum absolute atomic E-state index is 0.0106. The molecule has 1 unspecified atom stereocenters. The number of amides is 1. The van der Waals surface area contributed by atoms with Gasteiger partial charge in [0, 0.05) is 6.42 Å². The number of nitrogens with one attached hydrogen (secondary N) is 1. The number of carboxylic acid groups (broad SMARTS) is 1. The molecule has 1 rings (SSSR count). The first-order chi connectivity index (χ1) is 10.3. The van der Waals surface area contributed by atoms with Gasteiger partial charge in [0.25, 0.3) is 0 Å². The molecule has 22 heavy (non-hydrogen) atoms. The van der Waals surface area contributed by atoms with Crippen molar-refractivity contribution >= 4 is 11.9 Å². The van der Waals surface area contributed by atoms with E-state index in [-0.39, 0.29) is 24.2 Å². The Balaban J connectivity index is 2.64. The van der Waals surface area contributed by atoms with Crippen molar-refractivity contribution in [2.75, 3.05) is 7.11 Å². The van der Waals surface area contributed by atoms with Crippen LogP contribution in [0.15, 0.2) is 24.3 Å². The van der Waals surface area contributed by atoms with Crippen molar-refractivity contribution in [1.29, 1.82) is 0 Å². The van der Waals surface area contributed by atoms with E-state index in [1.165, 1.54) is 0 Å². The lowest BCUT2D eigenvalue weighted by molar-refractivity contribution is -0.142. The molecule has 1 aromatic carbocycles. The van der Waals surface area contributed by atoms with Crippen molar-refractivity contribution in [3.8, 4) is 5.75 Å². The second kappa shape index (κ2) is 8.41. The topological polar surface area (TPSA) is 75.6 Å². The van der Waals surface area contributed by atoms with Crippen LogP contribution in [0.3, 0.4) is 0 Å². The number of aliphatic carboxylic acids is 1. The molecule has 0 aliphatic heterocycles. The Kier molecular flexibility index (Phi) is 6.89. The van der Waals surface area contributed by atoms with E-state index in [9.17, 15) is 9.59 Å². The molecule has 0 saturated heterocycles. The Bertz CT molecular complexity index is 513. The molecule has 0 saturated carbocycles. The highest BCUT2D eigenvalue weighted by atomic mass is 16.5. The molecule has 5 heteroatoms. The van der Waals surface area contributed by atoms with Crippen LogP contribution in [-0.4, -0.2) is 30.1 Å². The van der Waals surface area contributed by atoms with E-state index < -0.39 is 12.0 Å². The van der Waals surface area contributed by atoms with Crippen LogP contribution in [0.5, 0.6) is 5.75 Å². The maximum absolute atomic E-state index is 12.1. The fraction of sp³-hybridized carbons (Fsp3) is 0.529. The van der Waals surface area contributed by atoms with E-state index in [2.05, 4.69) is 5.32 Å². The Hall–Kier alpha value is -2.04. The molecule has 2 atom stereocenters. The third-order valence-corrected chi connectivity index (χ3v) is 3.49. The summed E-state index contributed by atoms with van der Waals surface area (Å²) < 4.78 is 5.17. The van der Waals surface area contributed by atoms with Crippen LogP contribution < -0.4 is 10.1 Å². The van der Waals surface area contributed by atoms with Gasteiger partial charge in [-0.25, -0.2) is 4.79 Å². The van der Waals surface area contributed by atoms with Gasteiger partial charge in [-0.15, -0.1) is 0 Å². The second-order valence-corrected chi connectivity index (χ2v) is 5.97. The minimum atomic E-state index is -0.990. The number of carbonyl (C=O) groups excluding carboxylic acids is 1. The van der Waals surface area contributed by atoms with Crippen molar-refractivity contribution in [3.05, 3.63) is 29.8 Å². The van der Waals surface area contributed by atoms with Crippen molar-refractivity contribution < 1.29 is 19.4 Å². The van der Waals surface area contributed by atoms with Crippen molar-refractivity contribution in [1.82, 2.24) is 5.32 Å². The Morgan fingerprint density at radius 1 is 1.27 bits per heavy atom. The molecule has 122 valence electrons. The molecule has 0 spiro atoms. The molecule has 0 fully saturated rings. The van der Waals surface area contributed by atoms with E-state index in [0.717, 1.165) is 11.3 Å². The van der Waals surface area contributed by atoms with Crippen LogP contribution in [0.2, 0.25) is 0 Å². The number of methoxy groups -OCH3 is 1. The molecule has 0 aromatic heterocycles. The number of carboxylic acids is 1. The lowest BCUT2D eigenvalue weighted by atomic mass is 9.96. The van der Waals surface area contributed by atoms with Gasteiger partial charge >= 0.3 is 5.97 Å². The van der Waals surface area contributed by atoms with Crippen molar-refractivity contribution in [2.45, 2.75) is 45.6 Å². The van der Waals surface area contributed by atoms with Gasteiger partial charge in [-0.3, -0.25) is 4.79 Å². The second-order valence-electron chi connectivity index (χ2n) is 5.97. The lowest BCUT2D eigenvalue weighted by Gasteiger charge is -2.18. The summed E-state index contributed by atoms with van der Waals surface area (Å²) in [6.45, 7) is 5.80. The third-order valence-electron chi connectivity index (χ3n) is 3.49. The number of ether oxygens (including phenoxy) is 1. The summed E-state index contributed by atoms with van der Waals surface area (Å²) in [4.78, 5) is 23.3. The number of hydrogen-bond acceptors (Lipinski definition) is 3. The van der Waals surface area contributed by atoms with Gasteiger partial charge in [0.15, 0.2) is 0 Å². The Morgan fingerprint density at radius 2 is 1.95 bits per heavy atom. The van der Waals surface area contributed by atoms with E-state index in [4.69, 9.17) is 9.84 Å². The first-order valence-electron chi connectivity index (χ1n) is 7.49. The molecular formula is C17H25NO4. The summed E-state index contributed by atoms with van der Waals surface area (Å²) in [5.74, 6) is -0.298. The van der Waals surface area contributed by atoms with Crippen LogP contribution in [0.4, 0.5) is 0 Å². The average Bonchev–Trinajstić information content (AvgIpc) is 2.45. The smallest absolute Gasteiger partial charge is 0.326 e. The zero-order valence-corrected chi connectivity index (χ0v) is 13.6. The predicted octanol–water partition coefficient (Wildman–Crippen LogP) is 2.80. The highest BCUT2D eigenvalue weighted by Gasteiger charge is 2.22. The fourth-order valence-electron chi connectivity index (χ4n) is 2.29. The quantitative estimate of drug-likeness (QED) is 0.774. The normalized spacial score (nSPS) is 13.5. The zero-order valence-electron chi connectivity index (χ0n) is 13.6. The fourth-order valence-corrected chi connectivity index (χ4v) is 2.29. The third kappa shape index (κ3) is 5.76. The molecule has 0 bridgehead atoms. The average molecular weight is 307 g/mol. The van der Waals surface area contributed by atoms with Crippen LogP contribution >= 0.6 is 0 Å². The van der Waals surface area contributed by atoms with Crippen LogP contribution in [-0.2, 0) is 9.59 Å². The largest absolute Gasteiger partial charge is 0.497 e. The van der Waals surface area contributed by atoms with Crippen molar-refractivity contribution in [3.63, 3.8) is 0 Å². The van der Waals surface area contributed by atoms with Gasteiger partial charge < -0.3 is 15.2 Å². The van der Waals surface area contributed by atoms with E-state index in [0.29, 0.717) is 6.42 Å².